The van der Waals surface area contributed by atoms with Gasteiger partial charge in [-0.1, -0.05) is 52.0 Å². The zero-order valence-electron chi connectivity index (χ0n) is 11.1. The summed E-state index contributed by atoms with van der Waals surface area (Å²) in [6.07, 6.45) is 0.126. The molecule has 0 heterocycles. The minimum atomic E-state index is -0.896. The van der Waals surface area contributed by atoms with Gasteiger partial charge in [-0.25, -0.2) is 0 Å². The summed E-state index contributed by atoms with van der Waals surface area (Å²) in [4.78, 5) is 0. The molecule has 0 saturated carbocycles. The number of fused-ring (bicyclic) bond motifs is 1. The molecular formula is C15H22O2. The highest BCUT2D eigenvalue weighted by molar-refractivity contribution is 5.44. The van der Waals surface area contributed by atoms with Crippen LogP contribution >= 0.6 is 0 Å². The largest absolute Gasteiger partial charge is 0.392 e. The molecule has 0 aromatic heterocycles. The van der Waals surface area contributed by atoms with Crippen molar-refractivity contribution in [3.63, 3.8) is 0 Å². The lowest BCUT2D eigenvalue weighted by atomic mass is 9.56. The van der Waals surface area contributed by atoms with Gasteiger partial charge < -0.3 is 10.2 Å². The second kappa shape index (κ2) is 3.82. The number of hydrogen-bond donors (Lipinski definition) is 2. The van der Waals surface area contributed by atoms with Gasteiger partial charge >= 0.3 is 0 Å². The third-order valence-corrected chi connectivity index (χ3v) is 4.35. The molecule has 0 saturated heterocycles. The molecule has 2 rings (SSSR count). The van der Waals surface area contributed by atoms with E-state index in [1.165, 1.54) is 5.56 Å². The van der Waals surface area contributed by atoms with E-state index in [1.54, 1.807) is 0 Å². The van der Waals surface area contributed by atoms with Gasteiger partial charge in [0.1, 0.15) is 5.60 Å². The minimum absolute atomic E-state index is 0.141. The molecule has 1 aromatic carbocycles. The molecule has 0 fully saturated rings. The van der Waals surface area contributed by atoms with Gasteiger partial charge in [-0.05, 0) is 17.0 Å². The third kappa shape index (κ3) is 1.62. The summed E-state index contributed by atoms with van der Waals surface area (Å²) in [5, 5.41) is 21.2. The lowest BCUT2D eigenvalue weighted by Crippen LogP contribution is -2.56. The summed E-state index contributed by atoms with van der Waals surface area (Å²) < 4.78 is 0. The zero-order valence-corrected chi connectivity index (χ0v) is 11.1. The number of rotatable bonds is 3. The number of aliphatic hydroxyl groups excluding tert-OH is 1. The molecule has 2 atom stereocenters. The highest BCUT2D eigenvalue weighted by Gasteiger charge is 2.55. The fraction of sp³-hybridized carbons (Fsp3) is 0.600. The number of benzene rings is 1. The van der Waals surface area contributed by atoms with Gasteiger partial charge in [0.25, 0.3) is 0 Å². The lowest BCUT2D eigenvalue weighted by molar-refractivity contribution is -0.157. The molecular weight excluding hydrogens is 212 g/mol. The topological polar surface area (TPSA) is 40.5 Å². The van der Waals surface area contributed by atoms with Crippen molar-refractivity contribution in [1.82, 2.24) is 0 Å². The van der Waals surface area contributed by atoms with Gasteiger partial charge in [-0.15, -0.1) is 0 Å². The normalized spacial score (nSPS) is 25.4. The molecule has 0 amide bonds. The first-order valence-electron chi connectivity index (χ1n) is 6.29. The molecule has 2 N–H and O–H groups in total. The van der Waals surface area contributed by atoms with Crippen LogP contribution in [0.15, 0.2) is 24.3 Å². The molecule has 2 nitrogen and oxygen atoms in total. The second-order valence-electron chi connectivity index (χ2n) is 6.10. The summed E-state index contributed by atoms with van der Waals surface area (Å²) in [5.74, 6) is 0.141. The van der Waals surface area contributed by atoms with Crippen LogP contribution in [0.25, 0.3) is 0 Å². The second-order valence-corrected chi connectivity index (χ2v) is 6.10. The first-order chi connectivity index (χ1) is 7.80. The monoisotopic (exact) mass is 234 g/mol. The standard InChI is InChI=1S/C15H22O2/c1-10(2)13(16)14(3,4)15(17)9-11-7-5-6-8-12(11)15/h5-8,10,13,16-17H,9H2,1-4H3/t13-,15+/m0/s1. The van der Waals surface area contributed by atoms with Crippen LogP contribution in [0.2, 0.25) is 0 Å². The van der Waals surface area contributed by atoms with Crippen LogP contribution in [0.5, 0.6) is 0 Å². The predicted molar refractivity (Wildman–Crippen MR) is 68.7 cm³/mol. The Morgan fingerprint density at radius 2 is 1.82 bits per heavy atom. The van der Waals surface area contributed by atoms with Gasteiger partial charge in [0.2, 0.25) is 0 Å². The van der Waals surface area contributed by atoms with Crippen molar-refractivity contribution in [2.24, 2.45) is 11.3 Å². The van der Waals surface area contributed by atoms with Crippen LogP contribution < -0.4 is 0 Å². The van der Waals surface area contributed by atoms with Crippen molar-refractivity contribution in [2.75, 3.05) is 0 Å². The fourth-order valence-electron chi connectivity index (χ4n) is 2.99. The summed E-state index contributed by atoms with van der Waals surface area (Å²) in [5.41, 5.74) is 0.742. The Hall–Kier alpha value is -0.860. The Bertz CT molecular complexity index is 423. The van der Waals surface area contributed by atoms with Crippen LogP contribution in [0.3, 0.4) is 0 Å². The summed E-state index contributed by atoms with van der Waals surface area (Å²) in [6.45, 7) is 7.88. The summed E-state index contributed by atoms with van der Waals surface area (Å²) in [6, 6.07) is 7.94. The molecule has 17 heavy (non-hydrogen) atoms. The maximum Gasteiger partial charge on any atom is 0.101 e. The van der Waals surface area contributed by atoms with E-state index in [4.69, 9.17) is 0 Å². The van der Waals surface area contributed by atoms with E-state index < -0.39 is 17.1 Å². The fourth-order valence-corrected chi connectivity index (χ4v) is 2.99. The Kier molecular flexibility index (Phi) is 2.83. The molecule has 1 aromatic rings. The third-order valence-electron chi connectivity index (χ3n) is 4.35. The Balaban J connectivity index is 2.37. The molecule has 0 spiro atoms. The average Bonchev–Trinajstić information content (AvgIpc) is 2.26. The molecule has 94 valence electrons. The van der Waals surface area contributed by atoms with Crippen LogP contribution in [0, 0.1) is 11.3 Å². The van der Waals surface area contributed by atoms with E-state index in [-0.39, 0.29) is 5.92 Å². The SMILES string of the molecule is CC(C)[C@H](O)C(C)(C)[C@@]1(O)Cc2ccccc21. The van der Waals surface area contributed by atoms with E-state index in [0.29, 0.717) is 6.42 Å². The minimum Gasteiger partial charge on any atom is -0.392 e. The lowest BCUT2D eigenvalue weighted by Gasteiger charge is -2.53. The van der Waals surface area contributed by atoms with Crippen molar-refractivity contribution in [2.45, 2.75) is 45.8 Å². The van der Waals surface area contributed by atoms with Gasteiger partial charge in [-0.3, -0.25) is 0 Å². The quantitative estimate of drug-likeness (QED) is 0.843. The summed E-state index contributed by atoms with van der Waals surface area (Å²) >= 11 is 0. The van der Waals surface area contributed by atoms with Crippen LogP contribution in [-0.2, 0) is 12.0 Å². The Morgan fingerprint density at radius 1 is 1.24 bits per heavy atom. The van der Waals surface area contributed by atoms with Crippen molar-refractivity contribution in [1.29, 1.82) is 0 Å². The Labute approximate surface area is 103 Å². The van der Waals surface area contributed by atoms with Crippen molar-refractivity contribution >= 4 is 0 Å². The number of hydrogen-bond acceptors (Lipinski definition) is 2. The van der Waals surface area contributed by atoms with Gasteiger partial charge in [0.05, 0.1) is 6.10 Å². The van der Waals surface area contributed by atoms with Crippen LogP contribution in [0.4, 0.5) is 0 Å². The van der Waals surface area contributed by atoms with E-state index in [2.05, 4.69) is 0 Å². The molecule has 0 bridgehead atoms. The maximum absolute atomic E-state index is 10.8. The molecule has 2 heteroatoms. The molecule has 0 radical (unpaired) electrons. The van der Waals surface area contributed by atoms with Crippen LogP contribution in [-0.4, -0.2) is 16.3 Å². The summed E-state index contributed by atoms with van der Waals surface area (Å²) in [7, 11) is 0. The first-order valence-corrected chi connectivity index (χ1v) is 6.29. The van der Waals surface area contributed by atoms with Crippen molar-refractivity contribution in [3.05, 3.63) is 35.4 Å². The highest BCUT2D eigenvalue weighted by atomic mass is 16.3. The molecule has 1 aliphatic carbocycles. The van der Waals surface area contributed by atoms with Crippen molar-refractivity contribution in [3.8, 4) is 0 Å². The first kappa shape index (κ1) is 12.6. The van der Waals surface area contributed by atoms with E-state index in [9.17, 15) is 10.2 Å². The predicted octanol–water partition coefficient (Wildman–Crippen LogP) is 2.47. The maximum atomic E-state index is 10.8. The van der Waals surface area contributed by atoms with Crippen LogP contribution in [0.1, 0.15) is 38.8 Å². The van der Waals surface area contributed by atoms with E-state index in [1.807, 2.05) is 52.0 Å². The highest BCUT2D eigenvalue weighted by Crippen LogP contribution is 2.53. The van der Waals surface area contributed by atoms with E-state index in [0.717, 1.165) is 5.56 Å². The van der Waals surface area contributed by atoms with E-state index >= 15 is 0 Å². The molecule has 0 unspecified atom stereocenters. The van der Waals surface area contributed by atoms with Gasteiger partial charge in [0, 0.05) is 11.8 Å². The number of aliphatic hydroxyl groups is 2. The molecule has 1 aliphatic rings. The zero-order chi connectivity index (χ0) is 12.8. The smallest absolute Gasteiger partial charge is 0.101 e. The average molecular weight is 234 g/mol. The molecule has 0 aliphatic heterocycles. The van der Waals surface area contributed by atoms with Gasteiger partial charge in [-0.2, -0.15) is 0 Å². The van der Waals surface area contributed by atoms with Crippen molar-refractivity contribution < 1.29 is 10.2 Å². The van der Waals surface area contributed by atoms with Gasteiger partial charge in [0.15, 0.2) is 0 Å². The Morgan fingerprint density at radius 3 is 2.35 bits per heavy atom.